The van der Waals surface area contributed by atoms with E-state index < -0.39 is 5.82 Å². The summed E-state index contributed by atoms with van der Waals surface area (Å²) in [6, 6.07) is 4.67. The zero-order valence-electron chi connectivity index (χ0n) is 12.3. The summed E-state index contributed by atoms with van der Waals surface area (Å²) in [5.74, 6) is 0.114. The molecule has 2 N–H and O–H groups in total. The van der Waals surface area contributed by atoms with E-state index in [1.807, 2.05) is 0 Å². The Kier molecular flexibility index (Phi) is 4.48. The summed E-state index contributed by atoms with van der Waals surface area (Å²) >= 11 is 0. The molecule has 1 fully saturated rings. The van der Waals surface area contributed by atoms with Crippen LogP contribution >= 0.6 is 0 Å². The number of hydrogen-bond acceptors (Lipinski definition) is 3. The Labute approximate surface area is 128 Å². The highest BCUT2D eigenvalue weighted by molar-refractivity contribution is 5.90. The molecule has 116 valence electrons. The maximum Gasteiger partial charge on any atom is 0.224 e. The first kappa shape index (κ1) is 14.7. The van der Waals surface area contributed by atoms with Crippen molar-refractivity contribution in [2.24, 2.45) is 5.92 Å². The molecule has 0 saturated carbocycles. The summed E-state index contributed by atoms with van der Waals surface area (Å²) in [7, 11) is 0. The van der Waals surface area contributed by atoms with Crippen LogP contribution in [0.15, 0.2) is 36.9 Å². The molecule has 22 heavy (non-hydrogen) atoms. The molecule has 0 bridgehead atoms. The fourth-order valence-corrected chi connectivity index (χ4v) is 2.72. The number of carbonyl (C=O) groups is 1. The van der Waals surface area contributed by atoms with Gasteiger partial charge in [-0.05, 0) is 50.0 Å². The molecule has 1 saturated heterocycles. The lowest BCUT2D eigenvalue weighted by Crippen LogP contribution is -2.15. The Morgan fingerprint density at radius 2 is 2.41 bits per heavy atom. The largest absolute Gasteiger partial charge is 0.326 e. The predicted octanol–water partition coefficient (Wildman–Crippen LogP) is 2.34. The Hall–Kier alpha value is -2.21. The van der Waals surface area contributed by atoms with Crippen molar-refractivity contribution >= 4 is 11.6 Å². The first-order valence-electron chi connectivity index (χ1n) is 7.51. The predicted molar refractivity (Wildman–Crippen MR) is 82.4 cm³/mol. The van der Waals surface area contributed by atoms with Crippen LogP contribution < -0.4 is 10.6 Å². The second kappa shape index (κ2) is 6.70. The number of benzene rings is 1. The lowest BCUT2D eigenvalue weighted by Gasteiger charge is -2.10. The average molecular weight is 302 g/mol. The van der Waals surface area contributed by atoms with Crippen molar-refractivity contribution in [1.82, 2.24) is 14.9 Å². The van der Waals surface area contributed by atoms with Crippen LogP contribution in [-0.2, 0) is 4.79 Å². The molecule has 0 aliphatic carbocycles. The number of rotatable bonds is 5. The first-order chi connectivity index (χ1) is 10.7. The highest BCUT2D eigenvalue weighted by atomic mass is 19.1. The average Bonchev–Trinajstić information content (AvgIpc) is 3.19. The molecule has 2 aromatic rings. The van der Waals surface area contributed by atoms with Crippen LogP contribution in [0, 0.1) is 11.7 Å². The van der Waals surface area contributed by atoms with Crippen molar-refractivity contribution < 1.29 is 9.18 Å². The van der Waals surface area contributed by atoms with Gasteiger partial charge in [-0.15, -0.1) is 0 Å². The molecule has 1 unspecified atom stereocenters. The molecule has 1 atom stereocenters. The molecule has 1 aliphatic rings. The number of nitrogens with zero attached hydrogens (tertiary/aromatic N) is 2. The van der Waals surface area contributed by atoms with E-state index in [9.17, 15) is 9.18 Å². The monoisotopic (exact) mass is 302 g/mol. The normalized spacial score (nSPS) is 17.6. The molecule has 1 aliphatic heterocycles. The van der Waals surface area contributed by atoms with E-state index >= 15 is 0 Å². The molecule has 0 spiro atoms. The van der Waals surface area contributed by atoms with Gasteiger partial charge >= 0.3 is 0 Å². The Bertz CT molecular complexity index is 636. The fourth-order valence-electron chi connectivity index (χ4n) is 2.72. The van der Waals surface area contributed by atoms with E-state index in [0.717, 1.165) is 25.9 Å². The van der Waals surface area contributed by atoms with Gasteiger partial charge in [-0.25, -0.2) is 9.37 Å². The number of aromatic nitrogens is 2. The SMILES string of the molecule is O=C(CCC1CCNC1)Nc1ccc(-n2ccnc2)c(F)c1. The van der Waals surface area contributed by atoms with Crippen molar-refractivity contribution in [2.75, 3.05) is 18.4 Å². The summed E-state index contributed by atoms with van der Waals surface area (Å²) in [5.41, 5.74) is 0.892. The number of halogens is 1. The highest BCUT2D eigenvalue weighted by Gasteiger charge is 2.16. The van der Waals surface area contributed by atoms with Crippen LogP contribution in [0.2, 0.25) is 0 Å². The molecular weight excluding hydrogens is 283 g/mol. The van der Waals surface area contributed by atoms with E-state index in [2.05, 4.69) is 15.6 Å². The van der Waals surface area contributed by atoms with Crippen molar-refractivity contribution in [1.29, 1.82) is 0 Å². The number of anilines is 1. The Balaban J connectivity index is 1.58. The number of nitrogens with one attached hydrogen (secondary N) is 2. The third-order valence-corrected chi connectivity index (χ3v) is 3.96. The van der Waals surface area contributed by atoms with Gasteiger partial charge in [-0.1, -0.05) is 0 Å². The van der Waals surface area contributed by atoms with Crippen LogP contribution in [0.1, 0.15) is 19.3 Å². The molecule has 1 aromatic carbocycles. The smallest absolute Gasteiger partial charge is 0.224 e. The van der Waals surface area contributed by atoms with E-state index in [0.29, 0.717) is 23.7 Å². The molecule has 1 amide bonds. The second-order valence-electron chi connectivity index (χ2n) is 5.58. The molecule has 6 heteroatoms. The number of carbonyl (C=O) groups excluding carboxylic acids is 1. The van der Waals surface area contributed by atoms with Gasteiger partial charge in [0, 0.05) is 24.5 Å². The Morgan fingerprint density at radius 3 is 3.09 bits per heavy atom. The molecular formula is C16H19FN4O. The quantitative estimate of drug-likeness (QED) is 0.891. The van der Waals surface area contributed by atoms with Crippen LogP contribution in [0.5, 0.6) is 0 Å². The third-order valence-electron chi connectivity index (χ3n) is 3.96. The molecule has 0 radical (unpaired) electrons. The molecule has 5 nitrogen and oxygen atoms in total. The van der Waals surface area contributed by atoms with Crippen molar-refractivity contribution in [3.8, 4) is 5.69 Å². The minimum Gasteiger partial charge on any atom is -0.326 e. The van der Waals surface area contributed by atoms with E-state index in [-0.39, 0.29) is 5.91 Å². The van der Waals surface area contributed by atoms with Gasteiger partial charge in [0.2, 0.25) is 5.91 Å². The third kappa shape index (κ3) is 3.51. The molecule has 3 rings (SSSR count). The number of imidazole rings is 1. The highest BCUT2D eigenvalue weighted by Crippen LogP contribution is 2.19. The van der Waals surface area contributed by atoms with Gasteiger partial charge in [0.25, 0.3) is 0 Å². The zero-order chi connectivity index (χ0) is 15.4. The van der Waals surface area contributed by atoms with Gasteiger partial charge in [0.1, 0.15) is 5.82 Å². The van der Waals surface area contributed by atoms with Crippen molar-refractivity contribution in [3.63, 3.8) is 0 Å². The Morgan fingerprint density at radius 1 is 1.50 bits per heavy atom. The van der Waals surface area contributed by atoms with E-state index in [1.54, 1.807) is 29.1 Å². The topological polar surface area (TPSA) is 59.0 Å². The van der Waals surface area contributed by atoms with E-state index in [4.69, 9.17) is 0 Å². The summed E-state index contributed by atoms with van der Waals surface area (Å²) < 4.78 is 15.7. The maximum atomic E-state index is 14.1. The van der Waals surface area contributed by atoms with Gasteiger partial charge in [-0.3, -0.25) is 4.79 Å². The lowest BCUT2D eigenvalue weighted by atomic mass is 10.0. The lowest BCUT2D eigenvalue weighted by molar-refractivity contribution is -0.116. The van der Waals surface area contributed by atoms with Crippen LogP contribution in [-0.4, -0.2) is 28.5 Å². The summed E-state index contributed by atoms with van der Waals surface area (Å²) in [4.78, 5) is 15.8. The van der Waals surface area contributed by atoms with Gasteiger partial charge in [-0.2, -0.15) is 0 Å². The minimum absolute atomic E-state index is 0.0679. The fraction of sp³-hybridized carbons (Fsp3) is 0.375. The van der Waals surface area contributed by atoms with Gasteiger partial charge in [0.15, 0.2) is 0 Å². The van der Waals surface area contributed by atoms with E-state index in [1.165, 1.54) is 12.4 Å². The standard InChI is InChI=1S/C16H19FN4O/c17-14-9-13(2-3-15(14)21-8-7-19-11-21)20-16(22)4-1-12-5-6-18-10-12/h2-3,7-9,11-12,18H,1,4-6,10H2,(H,20,22). The van der Waals surface area contributed by atoms with Crippen LogP contribution in [0.25, 0.3) is 5.69 Å². The summed E-state index contributed by atoms with van der Waals surface area (Å²) in [6.07, 6.45) is 7.26. The van der Waals surface area contributed by atoms with Crippen LogP contribution in [0.4, 0.5) is 10.1 Å². The number of amides is 1. The molecule has 1 aromatic heterocycles. The number of hydrogen-bond donors (Lipinski definition) is 2. The van der Waals surface area contributed by atoms with Gasteiger partial charge < -0.3 is 15.2 Å². The summed E-state index contributed by atoms with van der Waals surface area (Å²) in [5, 5.41) is 6.04. The first-order valence-corrected chi connectivity index (χ1v) is 7.51. The summed E-state index contributed by atoms with van der Waals surface area (Å²) in [6.45, 7) is 2.02. The van der Waals surface area contributed by atoms with Crippen molar-refractivity contribution in [3.05, 3.63) is 42.7 Å². The van der Waals surface area contributed by atoms with Crippen LogP contribution in [0.3, 0.4) is 0 Å². The maximum absolute atomic E-state index is 14.1. The minimum atomic E-state index is -0.393. The van der Waals surface area contributed by atoms with Gasteiger partial charge in [0.05, 0.1) is 12.0 Å². The van der Waals surface area contributed by atoms with Crippen molar-refractivity contribution in [2.45, 2.75) is 19.3 Å². The zero-order valence-corrected chi connectivity index (χ0v) is 12.3. The second-order valence-corrected chi connectivity index (χ2v) is 5.58. The molecule has 2 heterocycles.